The molecule has 1 aromatic heterocycles. The normalized spacial score (nSPS) is 19.7. The maximum atomic E-state index is 14.6. The van der Waals surface area contributed by atoms with Gasteiger partial charge >= 0.3 is 0 Å². The van der Waals surface area contributed by atoms with E-state index in [4.69, 9.17) is 5.41 Å². The molecule has 25 heavy (non-hydrogen) atoms. The smallest absolute Gasteiger partial charge is 0.135 e. The van der Waals surface area contributed by atoms with E-state index >= 15 is 0 Å². The highest BCUT2D eigenvalue weighted by Gasteiger charge is 2.38. The number of benzene rings is 1. The van der Waals surface area contributed by atoms with Gasteiger partial charge in [-0.25, -0.2) is 9.37 Å². The summed E-state index contributed by atoms with van der Waals surface area (Å²) in [6.07, 6.45) is 6.97. The van der Waals surface area contributed by atoms with Crippen molar-refractivity contribution in [2.24, 2.45) is 0 Å². The first-order chi connectivity index (χ1) is 11.7. The first-order valence-corrected chi connectivity index (χ1v) is 9.36. The van der Waals surface area contributed by atoms with E-state index in [1.54, 1.807) is 29.4 Å². The average molecular weight is 361 g/mol. The highest BCUT2D eigenvalue weighted by atomic mass is 32.2. The Kier molecular flexibility index (Phi) is 4.77. The summed E-state index contributed by atoms with van der Waals surface area (Å²) in [7, 11) is 0. The lowest BCUT2D eigenvalue weighted by Gasteiger charge is -2.46. The van der Waals surface area contributed by atoms with Gasteiger partial charge in [-0.05, 0) is 58.7 Å². The Morgan fingerprint density at radius 1 is 1.28 bits per heavy atom. The molecule has 0 radical (unpaired) electrons. The number of hydrogen-bond donors (Lipinski definition) is 2. The Balaban J connectivity index is 1.75. The molecule has 0 spiro atoms. The molecule has 3 rings (SSSR count). The Labute approximate surface area is 152 Å². The van der Waals surface area contributed by atoms with Gasteiger partial charge in [0.2, 0.25) is 0 Å². The van der Waals surface area contributed by atoms with Crippen LogP contribution < -0.4 is 5.32 Å². The molecule has 2 N–H and O–H groups in total. The van der Waals surface area contributed by atoms with Crippen molar-refractivity contribution >= 4 is 16.8 Å². The summed E-state index contributed by atoms with van der Waals surface area (Å²) in [5.74, 6) is -0.365. The van der Waals surface area contributed by atoms with Gasteiger partial charge in [0.05, 0.1) is 11.4 Å². The second-order valence-corrected chi connectivity index (χ2v) is 9.31. The lowest BCUT2D eigenvalue weighted by atomic mass is 9.82. The number of aromatic nitrogens is 2. The molecule has 0 atom stereocenters. The average Bonchev–Trinajstić information content (AvgIpc) is 2.97. The summed E-state index contributed by atoms with van der Waals surface area (Å²) in [4.78, 5) is 3.98. The van der Waals surface area contributed by atoms with E-state index < -0.39 is 0 Å². The van der Waals surface area contributed by atoms with Crippen LogP contribution >= 0.6 is 11.8 Å². The highest BCUT2D eigenvalue weighted by Crippen LogP contribution is 2.37. The van der Waals surface area contributed by atoms with Crippen LogP contribution in [0.25, 0.3) is 5.69 Å². The quantitative estimate of drug-likeness (QED) is 0.631. The lowest BCUT2D eigenvalue weighted by Crippen LogP contribution is -2.58. The molecule has 2 heterocycles. The summed E-state index contributed by atoms with van der Waals surface area (Å²) in [6.45, 7) is 8.74. The molecule has 2 aromatic rings. The summed E-state index contributed by atoms with van der Waals surface area (Å²) in [6, 6.07) is 4.98. The fourth-order valence-corrected chi connectivity index (χ4v) is 5.43. The van der Waals surface area contributed by atoms with Crippen LogP contribution in [0.2, 0.25) is 0 Å². The molecular formula is C19H25FN4S. The largest absolute Gasteiger partial charge is 0.307 e. The molecule has 0 amide bonds. The monoisotopic (exact) mass is 360 g/mol. The van der Waals surface area contributed by atoms with E-state index in [1.165, 1.54) is 17.8 Å². The van der Waals surface area contributed by atoms with Gasteiger partial charge in [0.15, 0.2) is 0 Å². The van der Waals surface area contributed by atoms with E-state index in [0.29, 0.717) is 21.5 Å². The van der Waals surface area contributed by atoms with Gasteiger partial charge in [-0.2, -0.15) is 0 Å². The van der Waals surface area contributed by atoms with E-state index in [1.807, 2.05) is 6.07 Å². The lowest BCUT2D eigenvalue weighted by molar-refractivity contribution is 0.189. The Morgan fingerprint density at radius 3 is 2.52 bits per heavy atom. The predicted octanol–water partition coefficient (Wildman–Crippen LogP) is 4.38. The SMILES string of the molecule is CC1(C)CC(SC(=N)c2ccc(-n3ccnc3)cc2F)CC(C)(C)N1. The minimum absolute atomic E-state index is 0.0174. The molecule has 1 fully saturated rings. The second kappa shape index (κ2) is 6.57. The van der Waals surface area contributed by atoms with Crippen molar-refractivity contribution < 1.29 is 4.39 Å². The van der Waals surface area contributed by atoms with Crippen LogP contribution in [0, 0.1) is 11.2 Å². The number of nitrogens with one attached hydrogen (secondary N) is 2. The highest BCUT2D eigenvalue weighted by molar-refractivity contribution is 8.14. The van der Waals surface area contributed by atoms with E-state index in [9.17, 15) is 4.39 Å². The third-order valence-electron chi connectivity index (χ3n) is 4.44. The van der Waals surface area contributed by atoms with Crippen LogP contribution in [-0.4, -0.2) is 30.9 Å². The molecule has 134 valence electrons. The molecule has 6 heteroatoms. The third kappa shape index (κ3) is 4.30. The van der Waals surface area contributed by atoms with Gasteiger partial charge in [0.25, 0.3) is 0 Å². The van der Waals surface area contributed by atoms with Crippen molar-refractivity contribution in [3.05, 3.63) is 48.3 Å². The van der Waals surface area contributed by atoms with Crippen LogP contribution in [-0.2, 0) is 0 Å². The number of thioether (sulfide) groups is 1. The second-order valence-electron chi connectivity index (χ2n) is 8.00. The van der Waals surface area contributed by atoms with Gasteiger partial charge in [-0.15, -0.1) is 11.8 Å². The first kappa shape index (κ1) is 18.1. The summed E-state index contributed by atoms with van der Waals surface area (Å²) >= 11 is 1.48. The van der Waals surface area contributed by atoms with Crippen LogP contribution in [0.3, 0.4) is 0 Å². The Morgan fingerprint density at radius 2 is 1.96 bits per heavy atom. The molecule has 0 unspecified atom stereocenters. The van der Waals surface area contributed by atoms with E-state index in [0.717, 1.165) is 12.8 Å². The number of nitrogens with zero attached hydrogens (tertiary/aromatic N) is 2. The molecular weight excluding hydrogens is 335 g/mol. The fraction of sp³-hybridized carbons (Fsp3) is 0.474. The summed E-state index contributed by atoms with van der Waals surface area (Å²) in [5, 5.41) is 12.6. The minimum Gasteiger partial charge on any atom is -0.307 e. The van der Waals surface area contributed by atoms with Crippen LogP contribution in [0.5, 0.6) is 0 Å². The van der Waals surface area contributed by atoms with Crippen molar-refractivity contribution in [2.75, 3.05) is 0 Å². The van der Waals surface area contributed by atoms with E-state index in [-0.39, 0.29) is 16.9 Å². The van der Waals surface area contributed by atoms with Gasteiger partial charge in [0.1, 0.15) is 5.82 Å². The topological polar surface area (TPSA) is 53.7 Å². The number of imidazole rings is 1. The zero-order valence-electron chi connectivity index (χ0n) is 15.1. The van der Waals surface area contributed by atoms with Crippen LogP contribution in [0.1, 0.15) is 46.1 Å². The number of hydrogen-bond acceptors (Lipinski definition) is 4. The standard InChI is InChI=1S/C19H25FN4S/c1-18(2)10-14(11-19(3,4)23-18)25-17(21)15-6-5-13(9-16(15)20)24-8-7-22-12-24/h5-9,12,14,21,23H,10-11H2,1-4H3. The Hall–Kier alpha value is -1.66. The van der Waals surface area contributed by atoms with Crippen molar-refractivity contribution in [1.29, 1.82) is 5.41 Å². The molecule has 0 saturated carbocycles. The zero-order valence-corrected chi connectivity index (χ0v) is 16.0. The molecule has 0 aliphatic carbocycles. The van der Waals surface area contributed by atoms with Gasteiger partial charge in [0, 0.05) is 40.0 Å². The molecule has 1 aliphatic heterocycles. The summed E-state index contributed by atoms with van der Waals surface area (Å²) in [5.41, 5.74) is 1.11. The maximum Gasteiger partial charge on any atom is 0.135 e. The van der Waals surface area contributed by atoms with Crippen LogP contribution in [0.4, 0.5) is 4.39 Å². The summed E-state index contributed by atoms with van der Waals surface area (Å²) < 4.78 is 16.3. The molecule has 1 aromatic carbocycles. The van der Waals surface area contributed by atoms with Gasteiger partial charge in [-0.1, -0.05) is 0 Å². The van der Waals surface area contributed by atoms with Gasteiger partial charge < -0.3 is 9.88 Å². The van der Waals surface area contributed by atoms with E-state index in [2.05, 4.69) is 38.0 Å². The van der Waals surface area contributed by atoms with Crippen molar-refractivity contribution in [3.8, 4) is 5.69 Å². The first-order valence-electron chi connectivity index (χ1n) is 8.48. The number of rotatable bonds is 3. The van der Waals surface area contributed by atoms with Crippen molar-refractivity contribution in [3.63, 3.8) is 0 Å². The number of halogens is 1. The molecule has 1 saturated heterocycles. The van der Waals surface area contributed by atoms with Crippen molar-refractivity contribution in [1.82, 2.24) is 14.9 Å². The molecule has 4 nitrogen and oxygen atoms in total. The predicted molar refractivity (Wildman–Crippen MR) is 102 cm³/mol. The minimum atomic E-state index is -0.365. The number of piperidine rings is 1. The third-order valence-corrected chi connectivity index (χ3v) is 5.56. The molecule has 0 bridgehead atoms. The van der Waals surface area contributed by atoms with Crippen LogP contribution in [0.15, 0.2) is 36.9 Å². The zero-order chi connectivity index (χ0) is 18.2. The van der Waals surface area contributed by atoms with Crippen molar-refractivity contribution in [2.45, 2.75) is 56.9 Å². The fourth-order valence-electron chi connectivity index (χ4n) is 3.80. The Bertz CT molecular complexity index is 752. The maximum absolute atomic E-state index is 14.6. The molecule has 1 aliphatic rings. The van der Waals surface area contributed by atoms with Gasteiger partial charge in [-0.3, -0.25) is 5.41 Å².